The van der Waals surface area contributed by atoms with Crippen LogP contribution in [0.5, 0.6) is 0 Å². The molecule has 1 heterocycles. The minimum absolute atomic E-state index is 0. The molecule has 0 aliphatic heterocycles. The van der Waals surface area contributed by atoms with Crippen LogP contribution in [-0.2, 0) is 6.54 Å². The van der Waals surface area contributed by atoms with E-state index >= 15 is 0 Å². The molecule has 0 radical (unpaired) electrons. The number of nitrogens with one attached hydrogen (secondary N) is 2. The summed E-state index contributed by atoms with van der Waals surface area (Å²) >= 11 is 0. The van der Waals surface area contributed by atoms with Crippen molar-refractivity contribution < 1.29 is 4.42 Å². The minimum atomic E-state index is 0. The van der Waals surface area contributed by atoms with Crippen LogP contribution >= 0.6 is 24.0 Å². The Balaban J connectivity index is 0.00000364. The van der Waals surface area contributed by atoms with Gasteiger partial charge >= 0.3 is 0 Å². The van der Waals surface area contributed by atoms with Gasteiger partial charge in [0.05, 0.1) is 0 Å². The van der Waals surface area contributed by atoms with Crippen LogP contribution in [-0.4, -0.2) is 43.6 Å². The van der Waals surface area contributed by atoms with Gasteiger partial charge in [-0.1, -0.05) is 18.2 Å². The average molecular weight is 486 g/mol. The Morgan fingerprint density at radius 2 is 1.93 bits per heavy atom. The number of aryl methyl sites for hydroxylation is 1. The summed E-state index contributed by atoms with van der Waals surface area (Å²) in [6, 6.07) is 8.75. The third kappa shape index (κ3) is 7.33. The molecule has 0 fully saturated rings. The van der Waals surface area contributed by atoms with Crippen LogP contribution < -0.4 is 10.6 Å². The lowest BCUT2D eigenvalue weighted by molar-refractivity contribution is 0.268. The van der Waals surface area contributed by atoms with Gasteiger partial charge in [-0.2, -0.15) is 0 Å². The maximum atomic E-state index is 5.95. The van der Waals surface area contributed by atoms with Crippen LogP contribution in [0.15, 0.2) is 33.7 Å². The molecular formula is C21H35IN4O. The highest BCUT2D eigenvalue weighted by atomic mass is 127. The second kappa shape index (κ2) is 12.2. The van der Waals surface area contributed by atoms with Crippen LogP contribution in [0.1, 0.15) is 44.9 Å². The van der Waals surface area contributed by atoms with E-state index in [1.165, 1.54) is 17.4 Å². The molecule has 2 N–H and O–H groups in total. The number of benzene rings is 1. The molecule has 1 aromatic heterocycles. The van der Waals surface area contributed by atoms with Crippen molar-refractivity contribution in [1.82, 2.24) is 15.5 Å². The molecular weight excluding hydrogens is 451 g/mol. The summed E-state index contributed by atoms with van der Waals surface area (Å²) in [5, 5.41) is 7.91. The van der Waals surface area contributed by atoms with E-state index < -0.39 is 0 Å². The maximum Gasteiger partial charge on any atom is 0.191 e. The lowest BCUT2D eigenvalue weighted by Crippen LogP contribution is -2.38. The maximum absolute atomic E-state index is 5.95. The Labute approximate surface area is 181 Å². The quantitative estimate of drug-likeness (QED) is 0.237. The molecule has 0 atom stereocenters. The third-order valence-electron chi connectivity index (χ3n) is 4.78. The smallest absolute Gasteiger partial charge is 0.191 e. The van der Waals surface area contributed by atoms with Crippen molar-refractivity contribution >= 4 is 40.9 Å². The number of rotatable bonds is 9. The van der Waals surface area contributed by atoms with Gasteiger partial charge in [-0.05, 0) is 60.2 Å². The van der Waals surface area contributed by atoms with Gasteiger partial charge in [0.15, 0.2) is 5.96 Å². The summed E-state index contributed by atoms with van der Waals surface area (Å²) in [5.41, 5.74) is 2.11. The predicted molar refractivity (Wildman–Crippen MR) is 126 cm³/mol. The Kier molecular flexibility index (Phi) is 10.8. The molecule has 0 saturated heterocycles. The first kappa shape index (κ1) is 23.8. The summed E-state index contributed by atoms with van der Waals surface area (Å²) in [6.45, 7) is 12.1. The first-order valence-corrected chi connectivity index (χ1v) is 9.72. The lowest BCUT2D eigenvalue weighted by Gasteiger charge is -2.20. The van der Waals surface area contributed by atoms with Crippen LogP contribution in [0.2, 0.25) is 0 Å². The van der Waals surface area contributed by atoms with Crippen molar-refractivity contribution in [2.75, 3.05) is 26.7 Å². The molecule has 2 aromatic rings. The van der Waals surface area contributed by atoms with Crippen molar-refractivity contribution in [1.29, 1.82) is 0 Å². The van der Waals surface area contributed by atoms with E-state index in [1.54, 1.807) is 0 Å². The van der Waals surface area contributed by atoms with Crippen LogP contribution in [0.3, 0.4) is 0 Å². The molecule has 152 valence electrons. The van der Waals surface area contributed by atoms with Crippen LogP contribution in [0, 0.1) is 6.92 Å². The van der Waals surface area contributed by atoms with Gasteiger partial charge in [0.25, 0.3) is 0 Å². The third-order valence-corrected chi connectivity index (χ3v) is 4.78. The monoisotopic (exact) mass is 486 g/mol. The number of hydrogen-bond acceptors (Lipinski definition) is 3. The van der Waals surface area contributed by atoms with Crippen molar-refractivity contribution in [3.63, 3.8) is 0 Å². The molecule has 2 rings (SSSR count). The molecule has 6 heteroatoms. The Morgan fingerprint density at radius 3 is 2.59 bits per heavy atom. The fourth-order valence-electron chi connectivity index (χ4n) is 2.82. The number of nitrogens with zero attached hydrogens (tertiary/aromatic N) is 2. The van der Waals surface area contributed by atoms with Gasteiger partial charge in [0, 0.05) is 30.1 Å². The number of guanidine groups is 1. The molecule has 0 amide bonds. The van der Waals surface area contributed by atoms with Crippen molar-refractivity contribution in [3.05, 3.63) is 35.6 Å². The zero-order valence-electron chi connectivity index (χ0n) is 17.3. The molecule has 1 aromatic carbocycles. The van der Waals surface area contributed by atoms with E-state index in [9.17, 15) is 0 Å². The largest absolute Gasteiger partial charge is 0.459 e. The van der Waals surface area contributed by atoms with Crippen LogP contribution in [0.4, 0.5) is 0 Å². The Hall–Kier alpha value is -1.28. The van der Waals surface area contributed by atoms with E-state index in [4.69, 9.17) is 9.41 Å². The standard InChI is InChI=1S/C21H34N4O.HI/c1-6-22-21(23-13-9-10-14-25(5)16(2)3)24-15-20-17(4)18-11-7-8-12-19(18)26-20;/h7-8,11-12,16H,6,9-10,13-15H2,1-5H3,(H2,22,23,24);1H. The number of aliphatic imine (C=N–C) groups is 1. The highest BCUT2D eigenvalue weighted by molar-refractivity contribution is 14.0. The summed E-state index contributed by atoms with van der Waals surface area (Å²) in [4.78, 5) is 7.07. The van der Waals surface area contributed by atoms with E-state index in [-0.39, 0.29) is 24.0 Å². The van der Waals surface area contributed by atoms with Crippen molar-refractivity contribution in [2.45, 2.75) is 53.1 Å². The SMILES string of the molecule is CCNC(=NCc1oc2ccccc2c1C)NCCCCN(C)C(C)C.I. The molecule has 0 saturated carbocycles. The number of furan rings is 1. The van der Waals surface area contributed by atoms with Crippen molar-refractivity contribution in [2.24, 2.45) is 4.99 Å². The molecule has 0 aliphatic carbocycles. The van der Waals surface area contributed by atoms with Gasteiger partial charge in [0.1, 0.15) is 17.9 Å². The summed E-state index contributed by atoms with van der Waals surface area (Å²) in [5.74, 6) is 1.78. The number of unbranched alkanes of at least 4 members (excludes halogenated alkanes) is 1. The van der Waals surface area contributed by atoms with E-state index in [1.807, 2.05) is 18.2 Å². The van der Waals surface area contributed by atoms with Crippen molar-refractivity contribution in [3.8, 4) is 0 Å². The summed E-state index contributed by atoms with van der Waals surface area (Å²) in [7, 11) is 2.18. The summed E-state index contributed by atoms with van der Waals surface area (Å²) in [6.07, 6.45) is 2.31. The Bertz CT molecular complexity index is 711. The Morgan fingerprint density at radius 1 is 1.19 bits per heavy atom. The lowest BCUT2D eigenvalue weighted by atomic mass is 10.1. The van der Waals surface area contributed by atoms with E-state index in [2.05, 4.69) is 56.3 Å². The topological polar surface area (TPSA) is 52.8 Å². The first-order chi connectivity index (χ1) is 12.5. The van der Waals surface area contributed by atoms with Gasteiger partial charge in [0.2, 0.25) is 0 Å². The van der Waals surface area contributed by atoms with E-state index in [0.717, 1.165) is 43.4 Å². The van der Waals surface area contributed by atoms with Gasteiger partial charge in [-0.15, -0.1) is 24.0 Å². The minimum Gasteiger partial charge on any atom is -0.459 e. The number of fused-ring (bicyclic) bond motifs is 1. The first-order valence-electron chi connectivity index (χ1n) is 9.72. The fraction of sp³-hybridized carbons (Fsp3) is 0.571. The predicted octanol–water partition coefficient (Wildman–Crippen LogP) is 4.53. The highest BCUT2D eigenvalue weighted by Gasteiger charge is 2.09. The second-order valence-corrected chi connectivity index (χ2v) is 7.05. The average Bonchev–Trinajstić information content (AvgIpc) is 2.95. The fourth-order valence-corrected chi connectivity index (χ4v) is 2.82. The number of para-hydroxylation sites is 1. The van der Waals surface area contributed by atoms with Gasteiger partial charge in [-0.25, -0.2) is 4.99 Å². The molecule has 0 bridgehead atoms. The number of halogens is 1. The van der Waals surface area contributed by atoms with Gasteiger partial charge < -0.3 is 20.0 Å². The van der Waals surface area contributed by atoms with Crippen LogP contribution in [0.25, 0.3) is 11.0 Å². The highest BCUT2D eigenvalue weighted by Crippen LogP contribution is 2.25. The number of hydrogen-bond donors (Lipinski definition) is 2. The molecule has 0 unspecified atom stereocenters. The normalized spacial score (nSPS) is 11.9. The summed E-state index contributed by atoms with van der Waals surface area (Å²) < 4.78 is 5.95. The molecule has 27 heavy (non-hydrogen) atoms. The molecule has 5 nitrogen and oxygen atoms in total. The zero-order valence-corrected chi connectivity index (χ0v) is 19.7. The van der Waals surface area contributed by atoms with Gasteiger partial charge in [-0.3, -0.25) is 0 Å². The molecule has 0 spiro atoms. The second-order valence-electron chi connectivity index (χ2n) is 7.05. The molecule has 0 aliphatic rings. The zero-order chi connectivity index (χ0) is 18.9. The van der Waals surface area contributed by atoms with E-state index in [0.29, 0.717) is 12.6 Å².